The van der Waals surface area contributed by atoms with Crippen molar-refractivity contribution >= 4 is 40.2 Å². The molecule has 202 valence electrons. The Morgan fingerprint density at radius 1 is 1.21 bits per heavy atom. The fraction of sp³-hybridized carbons (Fsp3) is 0.571. The van der Waals surface area contributed by atoms with Gasteiger partial charge in [-0.2, -0.15) is 10.4 Å². The van der Waals surface area contributed by atoms with Crippen molar-refractivity contribution in [3.05, 3.63) is 45.7 Å². The van der Waals surface area contributed by atoms with E-state index in [1.165, 1.54) is 12.8 Å². The molecule has 0 bridgehead atoms. The Bertz CT molecular complexity index is 1340. The largest absolute Gasteiger partial charge is 0.390 e. The molecule has 0 amide bonds. The summed E-state index contributed by atoms with van der Waals surface area (Å²) < 4.78 is 1.74. The van der Waals surface area contributed by atoms with Crippen LogP contribution in [0.15, 0.2) is 24.4 Å². The Balaban J connectivity index is 1.28. The third-order valence-corrected chi connectivity index (χ3v) is 8.54. The van der Waals surface area contributed by atoms with Gasteiger partial charge in [0.1, 0.15) is 17.4 Å². The quantitative estimate of drug-likeness (QED) is 0.402. The van der Waals surface area contributed by atoms with Crippen molar-refractivity contribution in [3.8, 4) is 6.07 Å². The third kappa shape index (κ3) is 5.76. The molecule has 2 atom stereocenters. The van der Waals surface area contributed by atoms with Crippen LogP contribution in [0.2, 0.25) is 10.0 Å². The van der Waals surface area contributed by atoms with Crippen LogP contribution in [0.5, 0.6) is 0 Å². The molecule has 10 heteroatoms. The second-order valence-corrected chi connectivity index (χ2v) is 12.3. The highest BCUT2D eigenvalue weighted by Crippen LogP contribution is 2.35. The van der Waals surface area contributed by atoms with Gasteiger partial charge in [0, 0.05) is 29.7 Å². The Morgan fingerprint density at radius 2 is 2.00 bits per heavy atom. The molecule has 38 heavy (non-hydrogen) atoms. The number of fused-ring (bicyclic) bond motifs is 1. The zero-order valence-corrected chi connectivity index (χ0v) is 23.8. The van der Waals surface area contributed by atoms with Crippen LogP contribution in [0.4, 0.5) is 5.82 Å². The number of aromatic nitrogens is 4. The summed E-state index contributed by atoms with van der Waals surface area (Å²) in [6, 6.07) is 7.30. The van der Waals surface area contributed by atoms with Gasteiger partial charge in [0.15, 0.2) is 11.3 Å². The third-order valence-electron chi connectivity index (χ3n) is 7.98. The number of hydrogen-bond donors (Lipinski definition) is 1. The Morgan fingerprint density at radius 3 is 2.71 bits per heavy atom. The summed E-state index contributed by atoms with van der Waals surface area (Å²) in [6.07, 6.45) is 6.12. The molecule has 1 N–H and O–H groups in total. The molecule has 2 aliphatic heterocycles. The van der Waals surface area contributed by atoms with Gasteiger partial charge in [-0.05, 0) is 89.1 Å². The zero-order chi connectivity index (χ0) is 27.0. The molecule has 4 heterocycles. The summed E-state index contributed by atoms with van der Waals surface area (Å²) >= 11 is 12.6. The standard InChI is InChI=1S/C28H35Cl2N7O/c1-18(22-8-7-21(29)12-23(22)30)37-27-26(24(13-31)34-37)32-14-25(33-27)36-16-20(17-36)19-6-4-10-35(15-19)11-5-9-28(2,3)38/h7-8,12,14,18-20,38H,4-6,9-11,15-17H2,1-3H3/t18?,19-/m0/s1. The minimum Gasteiger partial charge on any atom is -0.390 e. The maximum atomic E-state index is 10.0. The van der Waals surface area contributed by atoms with E-state index in [0.29, 0.717) is 33.0 Å². The fourth-order valence-corrected chi connectivity index (χ4v) is 6.35. The molecule has 3 aromatic rings. The lowest BCUT2D eigenvalue weighted by Gasteiger charge is -2.47. The minimum atomic E-state index is -0.589. The fourth-order valence-electron chi connectivity index (χ4n) is 5.78. The number of anilines is 1. The SMILES string of the molecule is CC(c1ccc(Cl)cc1Cl)n1nc(C#N)c2ncc(N3CC([C@H]4CCCN(CCCC(C)(C)O)C4)C3)nc21. The lowest BCUT2D eigenvalue weighted by atomic mass is 9.80. The van der Waals surface area contributed by atoms with Gasteiger partial charge in [-0.1, -0.05) is 29.3 Å². The van der Waals surface area contributed by atoms with Crippen LogP contribution >= 0.6 is 23.2 Å². The highest BCUT2D eigenvalue weighted by molar-refractivity contribution is 6.35. The highest BCUT2D eigenvalue weighted by Gasteiger charge is 2.37. The van der Waals surface area contributed by atoms with Gasteiger partial charge < -0.3 is 14.9 Å². The molecular formula is C28H35Cl2N7O. The van der Waals surface area contributed by atoms with E-state index in [0.717, 1.165) is 56.9 Å². The van der Waals surface area contributed by atoms with E-state index < -0.39 is 5.60 Å². The summed E-state index contributed by atoms with van der Waals surface area (Å²) in [5.74, 6) is 2.13. The monoisotopic (exact) mass is 555 g/mol. The number of benzene rings is 1. The molecule has 0 spiro atoms. The van der Waals surface area contributed by atoms with Crippen molar-refractivity contribution in [2.75, 3.05) is 37.6 Å². The molecular weight excluding hydrogens is 521 g/mol. The number of rotatable bonds is 8. The molecule has 5 rings (SSSR count). The summed E-state index contributed by atoms with van der Waals surface area (Å²) in [7, 11) is 0. The van der Waals surface area contributed by atoms with Crippen molar-refractivity contribution in [3.63, 3.8) is 0 Å². The van der Waals surface area contributed by atoms with Gasteiger partial charge in [-0.25, -0.2) is 14.6 Å². The van der Waals surface area contributed by atoms with Crippen molar-refractivity contribution in [2.24, 2.45) is 11.8 Å². The number of hydrogen-bond acceptors (Lipinski definition) is 7. The predicted molar refractivity (Wildman–Crippen MR) is 151 cm³/mol. The second kappa shape index (κ2) is 11.0. The van der Waals surface area contributed by atoms with Crippen molar-refractivity contribution in [1.29, 1.82) is 5.26 Å². The van der Waals surface area contributed by atoms with E-state index in [1.54, 1.807) is 23.0 Å². The van der Waals surface area contributed by atoms with Crippen molar-refractivity contribution < 1.29 is 5.11 Å². The van der Waals surface area contributed by atoms with Gasteiger partial charge in [0.25, 0.3) is 0 Å². The van der Waals surface area contributed by atoms with Crippen LogP contribution in [0.1, 0.15) is 63.8 Å². The molecule has 2 aromatic heterocycles. The molecule has 0 aliphatic carbocycles. The zero-order valence-electron chi connectivity index (χ0n) is 22.2. The minimum absolute atomic E-state index is 0.248. The number of nitriles is 1. The first-order chi connectivity index (χ1) is 18.1. The van der Waals surface area contributed by atoms with Gasteiger partial charge >= 0.3 is 0 Å². The van der Waals surface area contributed by atoms with Gasteiger partial charge in [-0.3, -0.25) is 0 Å². The van der Waals surface area contributed by atoms with Gasteiger partial charge in [0.05, 0.1) is 17.8 Å². The molecule has 2 aliphatic rings. The number of nitrogens with zero attached hydrogens (tertiary/aromatic N) is 7. The van der Waals surface area contributed by atoms with E-state index in [2.05, 4.69) is 26.0 Å². The van der Waals surface area contributed by atoms with Gasteiger partial charge in [-0.15, -0.1) is 0 Å². The maximum absolute atomic E-state index is 10.0. The first-order valence-electron chi connectivity index (χ1n) is 13.4. The van der Waals surface area contributed by atoms with E-state index in [-0.39, 0.29) is 11.7 Å². The Hall–Kier alpha value is -2.44. The summed E-state index contributed by atoms with van der Waals surface area (Å²) in [6.45, 7) is 11.0. The number of piperidine rings is 1. The summed E-state index contributed by atoms with van der Waals surface area (Å²) in [5, 5.41) is 25.3. The van der Waals surface area contributed by atoms with E-state index in [4.69, 9.17) is 28.2 Å². The predicted octanol–water partition coefficient (Wildman–Crippen LogP) is 5.31. The number of likely N-dealkylation sites (tertiary alicyclic amines) is 1. The summed E-state index contributed by atoms with van der Waals surface area (Å²) in [4.78, 5) is 14.4. The van der Waals surface area contributed by atoms with Crippen molar-refractivity contribution in [2.45, 2.75) is 58.1 Å². The van der Waals surface area contributed by atoms with Crippen molar-refractivity contribution in [1.82, 2.24) is 24.6 Å². The second-order valence-electron chi connectivity index (χ2n) is 11.4. The molecule has 2 saturated heterocycles. The van der Waals surface area contributed by atoms with Crippen LogP contribution in [-0.2, 0) is 0 Å². The molecule has 1 unspecified atom stereocenters. The lowest BCUT2D eigenvalue weighted by molar-refractivity contribution is 0.0594. The molecule has 0 saturated carbocycles. The maximum Gasteiger partial charge on any atom is 0.190 e. The van der Waals surface area contributed by atoms with Gasteiger partial charge in [0.2, 0.25) is 0 Å². The average Bonchev–Trinajstić information content (AvgIpc) is 3.20. The van der Waals surface area contributed by atoms with Crippen LogP contribution in [-0.4, -0.2) is 68.1 Å². The van der Waals surface area contributed by atoms with E-state index in [1.807, 2.05) is 26.8 Å². The average molecular weight is 557 g/mol. The Labute approximate surface area is 234 Å². The smallest absolute Gasteiger partial charge is 0.190 e. The topological polar surface area (TPSA) is 94.1 Å². The lowest BCUT2D eigenvalue weighted by Crippen LogP contribution is -2.54. The van der Waals surface area contributed by atoms with Crippen LogP contribution < -0.4 is 4.90 Å². The number of halogens is 2. The normalized spacial score (nSPS) is 19.9. The Kier molecular flexibility index (Phi) is 7.84. The van der Waals surface area contributed by atoms with Crippen LogP contribution in [0.25, 0.3) is 11.2 Å². The van der Waals surface area contributed by atoms with E-state index in [9.17, 15) is 10.4 Å². The molecule has 0 radical (unpaired) electrons. The van der Waals surface area contributed by atoms with Crippen LogP contribution in [0.3, 0.4) is 0 Å². The molecule has 2 fully saturated rings. The highest BCUT2D eigenvalue weighted by atomic mass is 35.5. The summed E-state index contributed by atoms with van der Waals surface area (Å²) in [5.41, 5.74) is 1.60. The first-order valence-corrected chi connectivity index (χ1v) is 14.2. The van der Waals surface area contributed by atoms with Crippen LogP contribution in [0, 0.1) is 23.2 Å². The van der Waals surface area contributed by atoms with E-state index >= 15 is 0 Å². The molecule has 1 aromatic carbocycles. The number of aliphatic hydroxyl groups is 1. The first kappa shape index (κ1) is 27.1. The molecule has 8 nitrogen and oxygen atoms in total.